The zero-order chi connectivity index (χ0) is 14.0. The Hall–Kier alpha value is -1.76. The van der Waals surface area contributed by atoms with E-state index in [1.54, 1.807) is 23.1 Å². The summed E-state index contributed by atoms with van der Waals surface area (Å²) in [7, 11) is -0.849. The van der Waals surface area contributed by atoms with Crippen molar-refractivity contribution in [2.45, 2.75) is 19.4 Å². The van der Waals surface area contributed by atoms with Crippen molar-refractivity contribution in [3.8, 4) is 0 Å². The van der Waals surface area contributed by atoms with Gasteiger partial charge < -0.3 is 5.11 Å². The van der Waals surface area contributed by atoms with Gasteiger partial charge >= 0.3 is 5.97 Å². The van der Waals surface area contributed by atoms with Crippen molar-refractivity contribution in [3.63, 3.8) is 0 Å². The molecule has 0 saturated heterocycles. The third kappa shape index (κ3) is 2.81. The molecule has 0 aliphatic carbocycles. The topological polar surface area (TPSA) is 85.1 Å². The molecule has 1 heterocycles. The van der Waals surface area contributed by atoms with E-state index < -0.39 is 16.8 Å². The van der Waals surface area contributed by atoms with E-state index >= 15 is 0 Å². The zero-order valence-electron chi connectivity index (χ0n) is 10.7. The summed E-state index contributed by atoms with van der Waals surface area (Å²) < 4.78 is 12.8. The van der Waals surface area contributed by atoms with Gasteiger partial charge in [-0.3, -0.25) is 4.21 Å². The summed E-state index contributed by atoms with van der Waals surface area (Å²) in [5.74, 6) is -0.429. The van der Waals surface area contributed by atoms with E-state index in [-0.39, 0.29) is 11.6 Å². The molecule has 0 aliphatic heterocycles. The second kappa shape index (κ2) is 5.48. The summed E-state index contributed by atoms with van der Waals surface area (Å²) >= 11 is 0. The molecule has 0 aliphatic rings. The lowest BCUT2D eigenvalue weighted by molar-refractivity contribution is 0.0699. The van der Waals surface area contributed by atoms with Crippen LogP contribution < -0.4 is 0 Å². The van der Waals surface area contributed by atoms with Gasteiger partial charge in [-0.1, -0.05) is 11.3 Å². The van der Waals surface area contributed by atoms with Gasteiger partial charge in [0, 0.05) is 22.8 Å². The minimum absolute atomic E-state index is 0.0259. The Morgan fingerprint density at radius 3 is 2.89 bits per heavy atom. The molecule has 2 atom stereocenters. The molecule has 19 heavy (non-hydrogen) atoms. The monoisotopic (exact) mass is 281 g/mol. The number of carbonyl (C=O) groups is 1. The number of hydrogen-bond acceptors (Lipinski definition) is 4. The Morgan fingerprint density at radius 1 is 1.53 bits per heavy atom. The number of nitrogens with zero attached hydrogens (tertiary/aromatic N) is 3. The fraction of sp³-hybridized carbons (Fsp3) is 0.417. The maximum absolute atomic E-state index is 11.1. The van der Waals surface area contributed by atoms with Gasteiger partial charge in [-0.15, -0.1) is 5.10 Å². The molecule has 0 saturated carbocycles. The van der Waals surface area contributed by atoms with Gasteiger partial charge in [0.2, 0.25) is 0 Å². The molecule has 0 fully saturated rings. The average Bonchev–Trinajstić information content (AvgIpc) is 2.79. The van der Waals surface area contributed by atoms with Crippen LogP contribution in [0.25, 0.3) is 11.0 Å². The van der Waals surface area contributed by atoms with Crippen molar-refractivity contribution in [3.05, 3.63) is 23.8 Å². The number of rotatable bonds is 5. The van der Waals surface area contributed by atoms with Crippen molar-refractivity contribution in [1.82, 2.24) is 15.0 Å². The van der Waals surface area contributed by atoms with E-state index in [9.17, 15) is 9.00 Å². The van der Waals surface area contributed by atoms with E-state index in [2.05, 4.69) is 10.3 Å². The smallest absolute Gasteiger partial charge is 0.338 e. The first-order chi connectivity index (χ1) is 9.00. The van der Waals surface area contributed by atoms with Gasteiger partial charge in [-0.2, -0.15) is 0 Å². The molecule has 1 aromatic carbocycles. The minimum Gasteiger partial charge on any atom is -0.478 e. The molecular formula is C12H15N3O3S. The molecule has 0 radical (unpaired) electrons. The minimum atomic E-state index is -1.01. The molecule has 1 aromatic heterocycles. The standard InChI is InChI=1S/C12H15N3O3S/c1-8(6-7-19(2)18)15-10-5-3-4-9(12(16)17)11(10)13-14-15/h3-5,8H,6-7H2,1-2H3,(H,16,17). The Morgan fingerprint density at radius 2 is 2.26 bits per heavy atom. The van der Waals surface area contributed by atoms with Crippen molar-refractivity contribution >= 4 is 27.8 Å². The van der Waals surface area contributed by atoms with Gasteiger partial charge in [-0.25, -0.2) is 9.48 Å². The molecule has 0 bridgehead atoms. The number of fused-ring (bicyclic) bond motifs is 1. The fourth-order valence-corrected chi connectivity index (χ4v) is 2.59. The molecule has 2 aromatic rings. The Balaban J connectivity index is 2.38. The number of aromatic carboxylic acids is 1. The average molecular weight is 281 g/mol. The van der Waals surface area contributed by atoms with Crippen LogP contribution in [0.15, 0.2) is 18.2 Å². The molecule has 2 unspecified atom stereocenters. The zero-order valence-corrected chi connectivity index (χ0v) is 11.6. The third-order valence-electron chi connectivity index (χ3n) is 2.97. The van der Waals surface area contributed by atoms with Gasteiger partial charge in [-0.05, 0) is 25.5 Å². The van der Waals surface area contributed by atoms with Gasteiger partial charge in [0.15, 0.2) is 0 Å². The van der Waals surface area contributed by atoms with Crippen LogP contribution in [0.4, 0.5) is 0 Å². The highest BCUT2D eigenvalue weighted by molar-refractivity contribution is 7.84. The van der Waals surface area contributed by atoms with Crippen LogP contribution in [0.3, 0.4) is 0 Å². The van der Waals surface area contributed by atoms with E-state index in [0.717, 1.165) is 0 Å². The number of aromatic nitrogens is 3. The van der Waals surface area contributed by atoms with Crippen LogP contribution in [-0.4, -0.2) is 42.3 Å². The van der Waals surface area contributed by atoms with E-state index in [1.807, 2.05) is 6.92 Å². The summed E-state index contributed by atoms with van der Waals surface area (Å²) in [6, 6.07) is 5.01. The predicted molar refractivity (Wildman–Crippen MR) is 72.7 cm³/mol. The van der Waals surface area contributed by atoms with Crippen molar-refractivity contribution in [2.75, 3.05) is 12.0 Å². The molecule has 0 spiro atoms. The quantitative estimate of drug-likeness (QED) is 0.896. The van der Waals surface area contributed by atoms with E-state index in [1.165, 1.54) is 6.07 Å². The van der Waals surface area contributed by atoms with Gasteiger partial charge in [0.25, 0.3) is 0 Å². The largest absolute Gasteiger partial charge is 0.478 e. The van der Waals surface area contributed by atoms with Crippen LogP contribution in [0.2, 0.25) is 0 Å². The Kier molecular flexibility index (Phi) is 3.94. The predicted octanol–water partition coefficient (Wildman–Crippen LogP) is 1.46. The maximum atomic E-state index is 11.1. The number of benzene rings is 1. The molecule has 2 rings (SSSR count). The van der Waals surface area contributed by atoms with Gasteiger partial charge in [0.1, 0.15) is 5.52 Å². The summed E-state index contributed by atoms with van der Waals surface area (Å²) in [6.45, 7) is 1.95. The van der Waals surface area contributed by atoms with E-state index in [0.29, 0.717) is 23.2 Å². The lowest BCUT2D eigenvalue weighted by Crippen LogP contribution is -2.10. The number of carboxylic acid groups (broad SMARTS) is 1. The first-order valence-corrected chi connectivity index (χ1v) is 7.60. The number of carboxylic acids is 1. The summed E-state index contributed by atoms with van der Waals surface area (Å²) in [4.78, 5) is 11.1. The Bertz CT molecular complexity index is 638. The first-order valence-electron chi connectivity index (χ1n) is 5.88. The summed E-state index contributed by atoms with van der Waals surface area (Å²) in [5, 5.41) is 17.1. The van der Waals surface area contributed by atoms with Crippen LogP contribution >= 0.6 is 0 Å². The molecule has 0 amide bonds. The van der Waals surface area contributed by atoms with Crippen LogP contribution in [-0.2, 0) is 10.8 Å². The summed E-state index contributed by atoms with van der Waals surface area (Å²) in [6.07, 6.45) is 2.37. The fourth-order valence-electron chi connectivity index (χ4n) is 1.92. The second-order valence-corrected chi connectivity index (χ2v) is 5.98. The first kappa shape index (κ1) is 13.7. The lowest BCUT2D eigenvalue weighted by atomic mass is 10.1. The lowest BCUT2D eigenvalue weighted by Gasteiger charge is -2.11. The van der Waals surface area contributed by atoms with E-state index in [4.69, 9.17) is 5.11 Å². The molecule has 7 heteroatoms. The molecule has 6 nitrogen and oxygen atoms in total. The van der Waals surface area contributed by atoms with Crippen LogP contribution in [0, 0.1) is 0 Å². The maximum Gasteiger partial charge on any atom is 0.338 e. The highest BCUT2D eigenvalue weighted by Crippen LogP contribution is 2.21. The third-order valence-corrected chi connectivity index (χ3v) is 3.78. The SMILES string of the molecule is CC(CCS(C)=O)n1nnc2c(C(=O)O)cccc21. The second-order valence-electron chi connectivity index (χ2n) is 4.43. The molecule has 1 N–H and O–H groups in total. The molecular weight excluding hydrogens is 266 g/mol. The highest BCUT2D eigenvalue weighted by atomic mass is 32.2. The molecule has 102 valence electrons. The summed E-state index contributed by atoms with van der Waals surface area (Å²) in [5.41, 5.74) is 1.23. The van der Waals surface area contributed by atoms with Crippen LogP contribution in [0.5, 0.6) is 0 Å². The van der Waals surface area contributed by atoms with Gasteiger partial charge in [0.05, 0.1) is 17.1 Å². The normalized spacial score (nSPS) is 14.4. The van der Waals surface area contributed by atoms with Crippen molar-refractivity contribution < 1.29 is 14.1 Å². The van der Waals surface area contributed by atoms with Crippen molar-refractivity contribution in [2.24, 2.45) is 0 Å². The van der Waals surface area contributed by atoms with Crippen LogP contribution in [0.1, 0.15) is 29.7 Å². The number of hydrogen-bond donors (Lipinski definition) is 1. The van der Waals surface area contributed by atoms with Crippen molar-refractivity contribution in [1.29, 1.82) is 0 Å². The Labute approximate surface area is 112 Å². The highest BCUT2D eigenvalue weighted by Gasteiger charge is 2.16.